The average Bonchev–Trinajstić information content (AvgIpc) is 2.41. The Hall–Kier alpha value is -0.480. The lowest BCUT2D eigenvalue weighted by molar-refractivity contribution is 0.321. The van der Waals surface area contributed by atoms with Gasteiger partial charge in [0.05, 0.1) is 4.47 Å². The molecule has 0 saturated heterocycles. The van der Waals surface area contributed by atoms with E-state index >= 15 is 0 Å². The van der Waals surface area contributed by atoms with E-state index in [9.17, 15) is 8.78 Å². The fourth-order valence-electron chi connectivity index (χ4n) is 2.52. The lowest BCUT2D eigenvalue weighted by Crippen LogP contribution is -2.27. The van der Waals surface area contributed by atoms with E-state index in [4.69, 9.17) is 0 Å². The van der Waals surface area contributed by atoms with Crippen molar-refractivity contribution in [3.63, 3.8) is 0 Å². The van der Waals surface area contributed by atoms with Crippen molar-refractivity contribution in [3.8, 4) is 0 Å². The van der Waals surface area contributed by atoms with E-state index in [0.29, 0.717) is 4.47 Å². The molecule has 2 atom stereocenters. The highest BCUT2D eigenvalue weighted by molar-refractivity contribution is 9.10. The predicted octanol–water partition coefficient (Wildman–Crippen LogP) is 5.20. The normalized spacial score (nSPS) is 14.4. The lowest BCUT2D eigenvalue weighted by atomic mass is 9.86. The first kappa shape index (κ1) is 16.6. The first-order valence-corrected chi connectivity index (χ1v) is 7.66. The molecule has 108 valence electrons. The molecular weight excluding hydrogens is 312 g/mol. The summed E-state index contributed by atoms with van der Waals surface area (Å²) in [5.41, 5.74) is 0.153. The van der Waals surface area contributed by atoms with Crippen LogP contribution in [0.3, 0.4) is 0 Å². The summed E-state index contributed by atoms with van der Waals surface area (Å²) in [5, 5.41) is 3.09. The van der Waals surface area contributed by atoms with Gasteiger partial charge in [0.25, 0.3) is 0 Å². The van der Waals surface area contributed by atoms with Gasteiger partial charge in [0.2, 0.25) is 0 Å². The number of hydrogen-bond acceptors (Lipinski definition) is 1. The van der Waals surface area contributed by atoms with E-state index in [0.717, 1.165) is 25.7 Å². The molecule has 0 heterocycles. The quantitative estimate of drug-likeness (QED) is 0.676. The minimum atomic E-state index is -0.491. The molecule has 0 aromatic heterocycles. The van der Waals surface area contributed by atoms with Gasteiger partial charge in [0.15, 0.2) is 0 Å². The summed E-state index contributed by atoms with van der Waals surface area (Å²) >= 11 is 3.13. The molecule has 0 aliphatic carbocycles. The van der Waals surface area contributed by atoms with E-state index in [1.807, 2.05) is 0 Å². The van der Waals surface area contributed by atoms with Crippen LogP contribution in [0.25, 0.3) is 0 Å². The van der Waals surface area contributed by atoms with E-state index < -0.39 is 11.6 Å². The van der Waals surface area contributed by atoms with Crippen molar-refractivity contribution in [3.05, 3.63) is 33.8 Å². The van der Waals surface area contributed by atoms with Gasteiger partial charge in [-0.25, -0.2) is 8.78 Å². The van der Waals surface area contributed by atoms with E-state index in [-0.39, 0.29) is 17.5 Å². The monoisotopic (exact) mass is 333 g/mol. The molecule has 0 fully saturated rings. The van der Waals surface area contributed by atoms with Crippen molar-refractivity contribution < 1.29 is 8.78 Å². The maximum atomic E-state index is 14.2. The maximum absolute atomic E-state index is 14.2. The second-order valence-electron chi connectivity index (χ2n) is 4.83. The summed E-state index contributed by atoms with van der Waals surface area (Å²) in [6.07, 6.45) is 4.05. The first-order chi connectivity index (χ1) is 9.06. The number of hydrogen-bond donors (Lipinski definition) is 1. The van der Waals surface area contributed by atoms with Crippen molar-refractivity contribution in [2.45, 2.75) is 45.6 Å². The highest BCUT2D eigenvalue weighted by atomic mass is 79.9. The Morgan fingerprint density at radius 3 is 2.47 bits per heavy atom. The van der Waals surface area contributed by atoms with Crippen LogP contribution in [0.15, 0.2) is 16.6 Å². The topological polar surface area (TPSA) is 12.0 Å². The second-order valence-corrected chi connectivity index (χ2v) is 5.69. The van der Waals surface area contributed by atoms with Crippen LogP contribution in [0.1, 0.15) is 51.1 Å². The van der Waals surface area contributed by atoms with Gasteiger partial charge >= 0.3 is 0 Å². The van der Waals surface area contributed by atoms with Crippen LogP contribution in [0.4, 0.5) is 8.78 Å². The fourth-order valence-corrected chi connectivity index (χ4v) is 2.86. The molecule has 4 heteroatoms. The van der Waals surface area contributed by atoms with Crippen LogP contribution in [0.2, 0.25) is 0 Å². The molecule has 0 amide bonds. The standard InChI is InChI=1S/C15H22BrF2N/c1-4-6-7-10(5-2)15(19-3)13-12(17)9-8-11(16)14(13)18/h8-10,15,19H,4-7H2,1-3H3. The number of nitrogens with one attached hydrogen (secondary N) is 1. The molecule has 1 aromatic rings. The summed E-state index contributed by atoms with van der Waals surface area (Å²) in [6, 6.07) is 2.45. The summed E-state index contributed by atoms with van der Waals surface area (Å²) in [7, 11) is 1.76. The van der Waals surface area contributed by atoms with Gasteiger partial charge in [-0.05, 0) is 47.4 Å². The Balaban J connectivity index is 3.11. The summed E-state index contributed by atoms with van der Waals surface area (Å²) in [4.78, 5) is 0. The van der Waals surface area contributed by atoms with E-state index in [1.54, 1.807) is 7.05 Å². The smallest absolute Gasteiger partial charge is 0.145 e. The Kier molecular flexibility index (Phi) is 6.94. The highest BCUT2D eigenvalue weighted by Gasteiger charge is 2.26. The molecule has 1 aromatic carbocycles. The molecular formula is C15H22BrF2N. The van der Waals surface area contributed by atoms with Crippen LogP contribution < -0.4 is 5.32 Å². The zero-order chi connectivity index (χ0) is 14.4. The molecule has 0 aliphatic heterocycles. The van der Waals surface area contributed by atoms with Gasteiger partial charge in [-0.1, -0.05) is 33.1 Å². The van der Waals surface area contributed by atoms with Crippen molar-refractivity contribution >= 4 is 15.9 Å². The fraction of sp³-hybridized carbons (Fsp3) is 0.600. The molecule has 1 nitrogen and oxygen atoms in total. The van der Waals surface area contributed by atoms with Crippen molar-refractivity contribution in [2.75, 3.05) is 7.05 Å². The molecule has 0 radical (unpaired) electrons. The van der Waals surface area contributed by atoms with Crippen LogP contribution in [0.5, 0.6) is 0 Å². The zero-order valence-corrected chi connectivity index (χ0v) is 13.4. The van der Waals surface area contributed by atoms with Crippen molar-refractivity contribution in [1.82, 2.24) is 5.32 Å². The van der Waals surface area contributed by atoms with Crippen molar-refractivity contribution in [1.29, 1.82) is 0 Å². The van der Waals surface area contributed by atoms with Crippen LogP contribution in [-0.4, -0.2) is 7.05 Å². The number of halogens is 3. The Bertz CT molecular complexity index is 409. The third-order valence-corrected chi connectivity index (χ3v) is 4.24. The van der Waals surface area contributed by atoms with Crippen molar-refractivity contribution in [2.24, 2.45) is 5.92 Å². The Morgan fingerprint density at radius 1 is 1.26 bits per heavy atom. The van der Waals surface area contributed by atoms with Gasteiger partial charge < -0.3 is 5.32 Å². The zero-order valence-electron chi connectivity index (χ0n) is 11.8. The third-order valence-electron chi connectivity index (χ3n) is 3.63. The van der Waals surface area contributed by atoms with Gasteiger partial charge in [-0.3, -0.25) is 0 Å². The predicted molar refractivity (Wildman–Crippen MR) is 79.2 cm³/mol. The van der Waals surface area contributed by atoms with E-state index in [1.165, 1.54) is 12.1 Å². The molecule has 19 heavy (non-hydrogen) atoms. The minimum absolute atomic E-state index is 0.153. The number of benzene rings is 1. The Morgan fingerprint density at radius 2 is 1.95 bits per heavy atom. The maximum Gasteiger partial charge on any atom is 0.145 e. The molecule has 0 aliphatic rings. The lowest BCUT2D eigenvalue weighted by Gasteiger charge is -2.27. The molecule has 0 saturated carbocycles. The average molecular weight is 334 g/mol. The minimum Gasteiger partial charge on any atom is -0.313 e. The molecule has 0 spiro atoms. The third kappa shape index (κ3) is 3.99. The van der Waals surface area contributed by atoms with Crippen LogP contribution in [0, 0.1) is 17.6 Å². The van der Waals surface area contributed by atoms with Crippen LogP contribution in [-0.2, 0) is 0 Å². The SMILES string of the molecule is CCCCC(CC)C(NC)c1c(F)ccc(Br)c1F. The van der Waals surface area contributed by atoms with E-state index in [2.05, 4.69) is 35.1 Å². The van der Waals surface area contributed by atoms with Gasteiger partial charge in [-0.2, -0.15) is 0 Å². The van der Waals surface area contributed by atoms with Gasteiger partial charge in [0.1, 0.15) is 11.6 Å². The molecule has 1 rings (SSSR count). The highest BCUT2D eigenvalue weighted by Crippen LogP contribution is 2.34. The van der Waals surface area contributed by atoms with Crippen LogP contribution >= 0.6 is 15.9 Å². The molecule has 0 bridgehead atoms. The Labute approximate surface area is 122 Å². The summed E-state index contributed by atoms with van der Waals surface area (Å²) in [5.74, 6) is -0.729. The molecule has 2 unspecified atom stereocenters. The van der Waals surface area contributed by atoms with Gasteiger partial charge in [-0.15, -0.1) is 0 Å². The summed E-state index contributed by atoms with van der Waals surface area (Å²) in [6.45, 7) is 4.19. The summed E-state index contributed by atoms with van der Waals surface area (Å²) < 4.78 is 28.5. The first-order valence-electron chi connectivity index (χ1n) is 6.87. The van der Waals surface area contributed by atoms with Gasteiger partial charge in [0, 0.05) is 11.6 Å². The molecule has 1 N–H and O–H groups in total. The number of rotatable bonds is 7. The largest absolute Gasteiger partial charge is 0.313 e. The number of unbranched alkanes of at least 4 members (excludes halogenated alkanes) is 1. The second kappa shape index (κ2) is 7.95.